The van der Waals surface area contributed by atoms with Crippen LogP contribution in [0.3, 0.4) is 0 Å². The van der Waals surface area contributed by atoms with E-state index >= 15 is 0 Å². The molecular formula is C36H34Cl2F3N9O5S. The fraction of sp³-hybridized carbons (Fsp3) is 0.306. The fourth-order valence-electron chi connectivity index (χ4n) is 5.28. The molecule has 1 saturated carbocycles. The van der Waals surface area contributed by atoms with Crippen LogP contribution in [0.1, 0.15) is 42.6 Å². The zero-order valence-corrected chi connectivity index (χ0v) is 32.3. The summed E-state index contributed by atoms with van der Waals surface area (Å²) in [5.41, 5.74) is 0.991. The maximum absolute atomic E-state index is 13.0. The summed E-state index contributed by atoms with van der Waals surface area (Å²) in [7, 11) is 1.48. The van der Waals surface area contributed by atoms with Crippen molar-refractivity contribution in [2.24, 2.45) is 5.41 Å². The molecule has 0 radical (unpaired) electrons. The number of halogens is 5. The summed E-state index contributed by atoms with van der Waals surface area (Å²) < 4.78 is 49.6. The first kappa shape index (κ1) is 40.2. The molecule has 0 aliphatic heterocycles. The number of carbonyl (C=O) groups is 3. The minimum atomic E-state index is -4.62. The van der Waals surface area contributed by atoms with Gasteiger partial charge in [0.15, 0.2) is 11.7 Å². The number of anilines is 4. The highest BCUT2D eigenvalue weighted by atomic mass is 35.5. The van der Waals surface area contributed by atoms with Gasteiger partial charge in [0.05, 0.1) is 27.9 Å². The van der Waals surface area contributed by atoms with Crippen LogP contribution < -0.4 is 36.1 Å². The van der Waals surface area contributed by atoms with Crippen LogP contribution in [0.2, 0.25) is 10.0 Å². The van der Waals surface area contributed by atoms with Crippen LogP contribution in [0.15, 0.2) is 60.7 Å². The number of hydrogen-bond donors (Lipinski definition) is 5. The van der Waals surface area contributed by atoms with Crippen LogP contribution in [-0.2, 0) is 15.1 Å². The molecule has 1 fully saturated rings. The van der Waals surface area contributed by atoms with Gasteiger partial charge in [0, 0.05) is 35.4 Å². The van der Waals surface area contributed by atoms with E-state index in [-0.39, 0.29) is 30.1 Å². The predicted octanol–water partition coefficient (Wildman–Crippen LogP) is 7.09. The Bertz CT molecular complexity index is 2250. The summed E-state index contributed by atoms with van der Waals surface area (Å²) in [5.74, 6) is -1.83. The average Bonchev–Trinajstić information content (AvgIpc) is 3.82. The van der Waals surface area contributed by atoms with E-state index in [2.05, 4.69) is 46.5 Å². The van der Waals surface area contributed by atoms with E-state index in [0.29, 0.717) is 37.3 Å². The summed E-state index contributed by atoms with van der Waals surface area (Å²) in [6.45, 7) is 2.21. The molecule has 3 amide bonds. The second kappa shape index (κ2) is 16.3. The second-order valence-electron chi connectivity index (χ2n) is 13.5. The Balaban J connectivity index is 1.02. The van der Waals surface area contributed by atoms with Gasteiger partial charge >= 0.3 is 24.0 Å². The summed E-state index contributed by atoms with van der Waals surface area (Å²) in [6.07, 6.45) is -3.16. The van der Waals surface area contributed by atoms with E-state index in [9.17, 15) is 27.6 Å². The number of aromatic nitrogens is 4. The number of rotatable bonds is 14. The SMILES string of the molecule is COc1cc2sc(NC(=O)C(=O)NCC(C)(C)CNC(=O)c3ccc(Nc4nc(NC5(c6ccc(Cl)cc6)CC5)nc(OCC(F)(F)F)n4)cc3)nc2cc1Cl. The van der Waals surface area contributed by atoms with E-state index in [4.69, 9.17) is 32.7 Å². The van der Waals surface area contributed by atoms with Gasteiger partial charge in [-0.25, -0.2) is 4.98 Å². The Labute approximate surface area is 331 Å². The number of nitrogens with zero attached hydrogens (tertiary/aromatic N) is 4. The van der Waals surface area contributed by atoms with Gasteiger partial charge in [-0.15, -0.1) is 0 Å². The van der Waals surface area contributed by atoms with Gasteiger partial charge in [0.1, 0.15) is 5.75 Å². The molecule has 56 heavy (non-hydrogen) atoms. The van der Waals surface area contributed by atoms with Gasteiger partial charge in [-0.05, 0) is 66.3 Å². The van der Waals surface area contributed by atoms with Crippen molar-refractivity contribution in [1.29, 1.82) is 0 Å². The highest BCUT2D eigenvalue weighted by Crippen LogP contribution is 2.48. The van der Waals surface area contributed by atoms with Crippen LogP contribution in [0.5, 0.6) is 11.8 Å². The average molecular weight is 833 g/mol. The van der Waals surface area contributed by atoms with Crippen LogP contribution >= 0.6 is 34.5 Å². The van der Waals surface area contributed by atoms with Crippen molar-refractivity contribution in [3.8, 4) is 11.8 Å². The van der Waals surface area contributed by atoms with Gasteiger partial charge in [0.25, 0.3) is 5.91 Å². The number of fused-ring (bicyclic) bond motifs is 1. The number of ether oxygens (including phenoxy) is 2. The molecule has 3 aromatic carbocycles. The lowest BCUT2D eigenvalue weighted by Gasteiger charge is -2.25. The van der Waals surface area contributed by atoms with Gasteiger partial charge in [-0.1, -0.05) is 60.5 Å². The Morgan fingerprint density at radius 1 is 0.875 bits per heavy atom. The van der Waals surface area contributed by atoms with E-state index in [0.717, 1.165) is 29.7 Å². The molecule has 294 valence electrons. The Hall–Kier alpha value is -5.46. The quantitative estimate of drug-likeness (QED) is 0.0721. The minimum absolute atomic E-state index is 0.00267. The molecule has 1 aliphatic carbocycles. The third-order valence-electron chi connectivity index (χ3n) is 8.42. The van der Waals surface area contributed by atoms with Crippen LogP contribution in [-0.4, -0.2) is 70.6 Å². The van der Waals surface area contributed by atoms with Crippen molar-refractivity contribution in [2.45, 2.75) is 38.4 Å². The molecule has 5 N–H and O–H groups in total. The molecule has 5 aromatic rings. The van der Waals surface area contributed by atoms with Crippen LogP contribution in [0.25, 0.3) is 10.2 Å². The summed E-state index contributed by atoms with van der Waals surface area (Å²) in [4.78, 5) is 54.8. The first-order chi connectivity index (χ1) is 26.5. The molecule has 14 nitrogen and oxygen atoms in total. The molecule has 0 unspecified atom stereocenters. The molecule has 0 bridgehead atoms. The zero-order chi connectivity index (χ0) is 40.3. The topological polar surface area (TPSA) is 181 Å². The number of amides is 3. The van der Waals surface area contributed by atoms with Gasteiger partial charge in [0.2, 0.25) is 11.9 Å². The maximum Gasteiger partial charge on any atom is 0.422 e. The Morgan fingerprint density at radius 2 is 1.55 bits per heavy atom. The number of thiazole rings is 1. The van der Waals surface area contributed by atoms with Gasteiger partial charge in [-0.3, -0.25) is 19.7 Å². The molecular weight excluding hydrogens is 798 g/mol. The number of carbonyl (C=O) groups excluding carboxylic acids is 3. The maximum atomic E-state index is 13.0. The van der Waals surface area contributed by atoms with Gasteiger partial charge in [-0.2, -0.15) is 28.1 Å². The van der Waals surface area contributed by atoms with Crippen molar-refractivity contribution < 1.29 is 37.0 Å². The second-order valence-corrected chi connectivity index (χ2v) is 15.4. The van der Waals surface area contributed by atoms with E-state index in [1.54, 1.807) is 50.2 Å². The summed E-state index contributed by atoms with van der Waals surface area (Å²) in [5, 5.41) is 15.1. The van der Waals surface area contributed by atoms with Gasteiger partial charge < -0.3 is 30.7 Å². The Morgan fingerprint density at radius 3 is 2.21 bits per heavy atom. The zero-order valence-electron chi connectivity index (χ0n) is 29.9. The lowest BCUT2D eigenvalue weighted by molar-refractivity contribution is -0.154. The third kappa shape index (κ3) is 10.4. The van der Waals surface area contributed by atoms with Crippen LogP contribution in [0, 0.1) is 5.41 Å². The number of hydrogen-bond acceptors (Lipinski definition) is 12. The minimum Gasteiger partial charge on any atom is -0.495 e. The molecule has 0 atom stereocenters. The van der Waals surface area contributed by atoms with Crippen molar-refractivity contribution in [3.05, 3.63) is 81.8 Å². The smallest absolute Gasteiger partial charge is 0.422 e. The number of nitrogens with one attached hydrogen (secondary N) is 5. The molecule has 2 aromatic heterocycles. The number of benzene rings is 3. The van der Waals surface area contributed by atoms with Crippen LogP contribution in [0.4, 0.5) is 35.9 Å². The summed E-state index contributed by atoms with van der Waals surface area (Å²) >= 11 is 13.3. The fourth-order valence-corrected chi connectivity index (χ4v) is 6.52. The largest absolute Gasteiger partial charge is 0.495 e. The molecule has 2 heterocycles. The number of alkyl halides is 3. The Kier molecular flexibility index (Phi) is 11.7. The standard InChI is InChI=1S/C36H34Cl2F3N9O5S/c1-34(2,17-43-28(52)29(53)46-33-45-24-14-23(38)25(54-3)15-26(24)56-33)16-42-27(51)19-4-10-22(11-5-19)44-30-47-31(49-32(48-30)55-18-36(39,40)41)50-35(12-13-35)20-6-8-21(37)9-7-20/h4-11,14-15H,12-13,16-18H2,1-3H3,(H,42,51)(H,43,52)(H,45,46,53)(H2,44,47,48,49,50). The van der Waals surface area contributed by atoms with E-state index < -0.39 is 47.5 Å². The molecule has 0 spiro atoms. The predicted molar refractivity (Wildman–Crippen MR) is 206 cm³/mol. The van der Waals surface area contributed by atoms with E-state index in [1.807, 2.05) is 12.1 Å². The first-order valence-electron chi connectivity index (χ1n) is 16.9. The van der Waals surface area contributed by atoms with Crippen molar-refractivity contribution in [1.82, 2.24) is 30.6 Å². The lowest BCUT2D eigenvalue weighted by atomic mass is 9.93. The number of methoxy groups -OCH3 is 1. The highest BCUT2D eigenvalue weighted by Gasteiger charge is 2.45. The first-order valence-corrected chi connectivity index (χ1v) is 18.5. The van der Waals surface area contributed by atoms with Crippen molar-refractivity contribution in [2.75, 3.05) is 42.8 Å². The van der Waals surface area contributed by atoms with Crippen molar-refractivity contribution >= 4 is 85.2 Å². The molecule has 1 aliphatic rings. The lowest BCUT2D eigenvalue weighted by Crippen LogP contribution is -2.44. The third-order valence-corrected chi connectivity index (χ3v) is 9.91. The molecule has 20 heteroatoms. The monoisotopic (exact) mass is 831 g/mol. The van der Waals surface area contributed by atoms with E-state index in [1.165, 1.54) is 19.2 Å². The summed E-state index contributed by atoms with van der Waals surface area (Å²) in [6, 6.07) is 16.1. The van der Waals surface area contributed by atoms with Crippen molar-refractivity contribution in [3.63, 3.8) is 0 Å². The normalized spacial score (nSPS) is 13.4. The molecule has 0 saturated heterocycles. The molecule has 6 rings (SSSR count). The highest BCUT2D eigenvalue weighted by molar-refractivity contribution is 7.22.